The van der Waals surface area contributed by atoms with E-state index in [-0.39, 0.29) is 5.91 Å². The molecule has 2 aromatic heterocycles. The summed E-state index contributed by atoms with van der Waals surface area (Å²) in [4.78, 5) is 30.8. The van der Waals surface area contributed by atoms with E-state index in [4.69, 9.17) is 0 Å². The molecule has 0 radical (unpaired) electrons. The highest BCUT2D eigenvalue weighted by atomic mass is 79.9. The van der Waals surface area contributed by atoms with Gasteiger partial charge in [-0.15, -0.1) is 0 Å². The lowest BCUT2D eigenvalue weighted by molar-refractivity contribution is 0.0748. The highest BCUT2D eigenvalue weighted by Gasteiger charge is 2.24. The van der Waals surface area contributed by atoms with Crippen LogP contribution in [0.25, 0.3) is 10.9 Å². The van der Waals surface area contributed by atoms with Crippen LogP contribution in [0.2, 0.25) is 0 Å². The summed E-state index contributed by atoms with van der Waals surface area (Å²) in [5.41, 5.74) is 3.37. The number of carbonyl (C=O) groups excluding carboxylic acids is 1. The van der Waals surface area contributed by atoms with Gasteiger partial charge in [0.25, 0.3) is 5.91 Å². The Kier molecular flexibility index (Phi) is 5.02. The third-order valence-electron chi connectivity index (χ3n) is 4.97. The molecule has 0 aliphatic carbocycles. The highest BCUT2D eigenvalue weighted by Crippen LogP contribution is 2.24. The van der Waals surface area contributed by atoms with Crippen molar-refractivity contribution >= 4 is 38.6 Å². The summed E-state index contributed by atoms with van der Waals surface area (Å²) in [6, 6.07) is 9.76. The third kappa shape index (κ3) is 3.71. The predicted octanol–water partition coefficient (Wildman–Crippen LogP) is 3.67. The number of anilines is 1. The minimum Gasteiger partial charge on any atom is -0.353 e. The number of piperazine rings is 1. The fourth-order valence-electron chi connectivity index (χ4n) is 3.68. The number of rotatable bonds is 2. The molecule has 7 heteroatoms. The van der Waals surface area contributed by atoms with Crippen LogP contribution in [0, 0.1) is 20.8 Å². The van der Waals surface area contributed by atoms with Crippen LogP contribution < -0.4 is 4.90 Å². The average molecular weight is 440 g/mol. The summed E-state index contributed by atoms with van der Waals surface area (Å²) in [5, 5.41) is 0.892. The van der Waals surface area contributed by atoms with Gasteiger partial charge in [0.2, 0.25) is 0 Å². The van der Waals surface area contributed by atoms with E-state index in [1.165, 1.54) is 0 Å². The average Bonchev–Trinajstić information content (AvgIpc) is 2.66. The van der Waals surface area contributed by atoms with Gasteiger partial charge in [0.15, 0.2) is 0 Å². The summed E-state index contributed by atoms with van der Waals surface area (Å²) < 4.78 is 0.959. The molecule has 0 atom stereocenters. The Hall–Kier alpha value is -2.54. The Morgan fingerprint density at radius 2 is 1.64 bits per heavy atom. The summed E-state index contributed by atoms with van der Waals surface area (Å²) in [6.45, 7) is 8.67. The summed E-state index contributed by atoms with van der Waals surface area (Å²) >= 11 is 3.48. The predicted molar refractivity (Wildman–Crippen MR) is 114 cm³/mol. The fraction of sp³-hybridized carbons (Fsp3) is 0.333. The normalized spacial score (nSPS) is 14.6. The molecule has 144 valence electrons. The quantitative estimate of drug-likeness (QED) is 0.609. The van der Waals surface area contributed by atoms with Crippen LogP contribution in [0.15, 0.2) is 34.8 Å². The van der Waals surface area contributed by atoms with Gasteiger partial charge in [0.05, 0.1) is 11.1 Å². The number of amides is 1. The molecule has 0 spiro atoms. The van der Waals surface area contributed by atoms with Gasteiger partial charge < -0.3 is 9.80 Å². The van der Waals surface area contributed by atoms with Gasteiger partial charge in [-0.1, -0.05) is 22.0 Å². The zero-order chi connectivity index (χ0) is 19.8. The number of hydrogen-bond acceptors (Lipinski definition) is 5. The largest absolute Gasteiger partial charge is 0.353 e. The van der Waals surface area contributed by atoms with Gasteiger partial charge in [-0.2, -0.15) is 0 Å². The number of benzene rings is 1. The van der Waals surface area contributed by atoms with E-state index in [9.17, 15) is 4.79 Å². The number of nitrogens with zero attached hydrogens (tertiary/aromatic N) is 5. The van der Waals surface area contributed by atoms with Crippen molar-refractivity contribution in [2.45, 2.75) is 20.8 Å². The van der Waals surface area contributed by atoms with Crippen LogP contribution >= 0.6 is 15.9 Å². The second-order valence-corrected chi connectivity index (χ2v) is 8.08. The Morgan fingerprint density at radius 3 is 2.36 bits per heavy atom. The molecule has 3 heterocycles. The van der Waals surface area contributed by atoms with Crippen molar-refractivity contribution in [1.29, 1.82) is 0 Å². The summed E-state index contributed by atoms with van der Waals surface area (Å²) in [5.74, 6) is 1.78. The standard InChI is InChI=1S/C21H22BrN5O/c1-13-10-18(17-5-4-16(22)12-19(17)24-13)21(28)27-8-6-26(7-9-27)20-11-14(2)23-15(3)25-20/h4-5,10-12H,6-9H2,1-3H3. The first kappa shape index (κ1) is 18.8. The zero-order valence-electron chi connectivity index (χ0n) is 16.2. The fourth-order valence-corrected chi connectivity index (χ4v) is 4.03. The number of fused-ring (bicyclic) bond motifs is 1. The van der Waals surface area contributed by atoms with Crippen LogP contribution in [0.4, 0.5) is 5.82 Å². The molecule has 1 aliphatic heterocycles. The van der Waals surface area contributed by atoms with Gasteiger partial charge >= 0.3 is 0 Å². The molecule has 4 rings (SSSR count). The first-order valence-electron chi connectivity index (χ1n) is 9.34. The second kappa shape index (κ2) is 7.47. The number of aromatic nitrogens is 3. The maximum Gasteiger partial charge on any atom is 0.254 e. The zero-order valence-corrected chi connectivity index (χ0v) is 17.8. The van der Waals surface area contributed by atoms with Crippen molar-refractivity contribution in [2.24, 2.45) is 0 Å². The van der Waals surface area contributed by atoms with Crippen LogP contribution in [0.3, 0.4) is 0 Å². The molecular formula is C21H22BrN5O. The smallest absolute Gasteiger partial charge is 0.254 e. The third-order valence-corrected chi connectivity index (χ3v) is 5.47. The first-order chi connectivity index (χ1) is 13.4. The maximum absolute atomic E-state index is 13.2. The van der Waals surface area contributed by atoms with E-state index in [0.29, 0.717) is 13.1 Å². The maximum atomic E-state index is 13.2. The number of halogens is 1. The molecule has 6 nitrogen and oxygen atoms in total. The lowest BCUT2D eigenvalue weighted by atomic mass is 10.1. The van der Waals surface area contributed by atoms with E-state index in [1.54, 1.807) is 0 Å². The van der Waals surface area contributed by atoms with Gasteiger partial charge in [0.1, 0.15) is 11.6 Å². The van der Waals surface area contributed by atoms with E-state index < -0.39 is 0 Å². The van der Waals surface area contributed by atoms with E-state index in [0.717, 1.165) is 57.1 Å². The number of aryl methyl sites for hydroxylation is 3. The number of hydrogen-bond donors (Lipinski definition) is 0. The highest BCUT2D eigenvalue weighted by molar-refractivity contribution is 9.10. The Bertz CT molecular complexity index is 1030. The van der Waals surface area contributed by atoms with E-state index >= 15 is 0 Å². The first-order valence-corrected chi connectivity index (χ1v) is 10.1. The van der Waals surface area contributed by atoms with Crippen molar-refractivity contribution in [3.63, 3.8) is 0 Å². The van der Waals surface area contributed by atoms with Crippen molar-refractivity contribution in [3.05, 3.63) is 57.6 Å². The van der Waals surface area contributed by atoms with Crippen molar-refractivity contribution in [1.82, 2.24) is 19.9 Å². The Labute approximate surface area is 172 Å². The van der Waals surface area contributed by atoms with Crippen molar-refractivity contribution < 1.29 is 4.79 Å². The molecule has 0 N–H and O–H groups in total. The van der Waals surface area contributed by atoms with Crippen molar-refractivity contribution in [3.8, 4) is 0 Å². The molecular weight excluding hydrogens is 418 g/mol. The van der Waals surface area contributed by atoms with Crippen LogP contribution in [-0.4, -0.2) is 51.9 Å². The SMILES string of the molecule is Cc1cc(N2CCN(C(=O)c3cc(C)nc4cc(Br)ccc34)CC2)nc(C)n1. The molecule has 1 fully saturated rings. The lowest BCUT2D eigenvalue weighted by Gasteiger charge is -2.35. The minimum absolute atomic E-state index is 0.0625. The minimum atomic E-state index is 0.0625. The Balaban J connectivity index is 1.55. The molecule has 1 saturated heterocycles. The topological polar surface area (TPSA) is 62.2 Å². The molecule has 1 aliphatic rings. The number of carbonyl (C=O) groups is 1. The van der Waals surface area contributed by atoms with Gasteiger partial charge in [0, 0.05) is 53.5 Å². The van der Waals surface area contributed by atoms with E-state index in [2.05, 4.69) is 35.8 Å². The number of pyridine rings is 1. The molecule has 0 saturated carbocycles. The molecule has 1 amide bonds. The second-order valence-electron chi connectivity index (χ2n) is 7.17. The van der Waals surface area contributed by atoms with Gasteiger partial charge in [-0.25, -0.2) is 9.97 Å². The van der Waals surface area contributed by atoms with Gasteiger partial charge in [-0.05, 0) is 39.0 Å². The van der Waals surface area contributed by atoms with Crippen LogP contribution in [-0.2, 0) is 0 Å². The molecule has 1 aromatic carbocycles. The van der Waals surface area contributed by atoms with Crippen LogP contribution in [0.5, 0.6) is 0 Å². The lowest BCUT2D eigenvalue weighted by Crippen LogP contribution is -2.49. The summed E-state index contributed by atoms with van der Waals surface area (Å²) in [7, 11) is 0. The van der Waals surface area contributed by atoms with Crippen LogP contribution in [0.1, 0.15) is 27.6 Å². The Morgan fingerprint density at radius 1 is 0.929 bits per heavy atom. The van der Waals surface area contributed by atoms with Gasteiger partial charge in [-0.3, -0.25) is 9.78 Å². The summed E-state index contributed by atoms with van der Waals surface area (Å²) in [6.07, 6.45) is 0. The monoisotopic (exact) mass is 439 g/mol. The molecule has 28 heavy (non-hydrogen) atoms. The van der Waals surface area contributed by atoms with E-state index in [1.807, 2.05) is 56.0 Å². The molecule has 3 aromatic rings. The molecule has 0 unspecified atom stereocenters. The van der Waals surface area contributed by atoms with Crippen molar-refractivity contribution in [2.75, 3.05) is 31.1 Å². The molecule has 0 bridgehead atoms.